The summed E-state index contributed by atoms with van der Waals surface area (Å²) in [5.74, 6) is 0.756. The molecule has 1 aromatic heterocycles. The van der Waals surface area contributed by atoms with Gasteiger partial charge in [0.05, 0.1) is 0 Å². The Morgan fingerprint density at radius 2 is 2.38 bits per heavy atom. The molecule has 0 saturated carbocycles. The summed E-state index contributed by atoms with van der Waals surface area (Å²) < 4.78 is 4.27. The van der Waals surface area contributed by atoms with Gasteiger partial charge in [0.1, 0.15) is 5.01 Å². The summed E-state index contributed by atoms with van der Waals surface area (Å²) in [6.45, 7) is 5.05. The van der Waals surface area contributed by atoms with Crippen LogP contribution in [0, 0.1) is 0 Å². The number of aromatic nitrogens is 2. The minimum Gasteiger partial charge on any atom is -0.354 e. The van der Waals surface area contributed by atoms with Crippen LogP contribution in [0.1, 0.15) is 18.4 Å². The van der Waals surface area contributed by atoms with Crippen LogP contribution in [0.2, 0.25) is 0 Å². The highest BCUT2D eigenvalue weighted by Crippen LogP contribution is 2.22. The number of nitrogens with one attached hydrogen (secondary N) is 1. The molecule has 0 amide bonds. The molecule has 4 nitrogen and oxygen atoms in total. The molecule has 0 aliphatic carbocycles. The molecule has 0 fully saturated rings. The lowest BCUT2D eigenvalue weighted by Crippen LogP contribution is -2.24. The molecule has 6 heteroatoms. The van der Waals surface area contributed by atoms with Gasteiger partial charge in [-0.3, -0.25) is 0 Å². The highest BCUT2D eigenvalue weighted by molar-refractivity contribution is 7.06. The van der Waals surface area contributed by atoms with Gasteiger partial charge < -0.3 is 10.2 Å². The average molecular weight is 261 g/mol. The van der Waals surface area contributed by atoms with Crippen LogP contribution in [0.25, 0.3) is 5.57 Å². The van der Waals surface area contributed by atoms with Crippen LogP contribution in [-0.4, -0.2) is 40.9 Å². The molecule has 1 aromatic rings. The van der Waals surface area contributed by atoms with Crippen molar-refractivity contribution in [1.29, 1.82) is 0 Å². The van der Waals surface area contributed by atoms with Crippen LogP contribution in [0.15, 0.2) is 6.08 Å². The van der Waals surface area contributed by atoms with Gasteiger partial charge in [-0.1, -0.05) is 6.08 Å². The molecule has 2 rings (SSSR count). The number of hydrogen-bond donors (Lipinski definition) is 1. The van der Waals surface area contributed by atoms with Crippen molar-refractivity contribution in [2.75, 3.05) is 32.0 Å². The summed E-state index contributed by atoms with van der Waals surface area (Å²) in [7, 11) is 2.14. The first-order valence-electron chi connectivity index (χ1n) is 5.25. The predicted octanol–water partition coefficient (Wildman–Crippen LogP) is 2.11. The van der Waals surface area contributed by atoms with Crippen molar-refractivity contribution >= 4 is 35.5 Å². The van der Waals surface area contributed by atoms with Crippen molar-refractivity contribution in [2.45, 2.75) is 13.3 Å². The maximum atomic E-state index is 4.46. The molecule has 0 bridgehead atoms. The molecule has 0 atom stereocenters. The second-order valence-corrected chi connectivity index (χ2v) is 4.46. The topological polar surface area (TPSA) is 41.1 Å². The fourth-order valence-corrected chi connectivity index (χ4v) is 2.30. The summed E-state index contributed by atoms with van der Waals surface area (Å²) in [6.07, 6.45) is 3.39. The van der Waals surface area contributed by atoms with Crippen molar-refractivity contribution < 1.29 is 0 Å². The van der Waals surface area contributed by atoms with Crippen LogP contribution in [0.4, 0.5) is 5.95 Å². The van der Waals surface area contributed by atoms with Crippen LogP contribution in [0.5, 0.6) is 0 Å². The molecule has 0 spiro atoms. The van der Waals surface area contributed by atoms with Crippen LogP contribution < -0.4 is 5.32 Å². The molecule has 0 aromatic carbocycles. The lowest BCUT2D eigenvalue weighted by atomic mass is 10.1. The molecule has 1 aliphatic heterocycles. The van der Waals surface area contributed by atoms with Gasteiger partial charge >= 0.3 is 0 Å². The molecule has 2 heterocycles. The number of anilines is 1. The molecular formula is C10H17ClN4S. The average Bonchev–Trinajstić information content (AvgIpc) is 2.67. The monoisotopic (exact) mass is 260 g/mol. The van der Waals surface area contributed by atoms with Crippen LogP contribution in [0.3, 0.4) is 0 Å². The normalized spacial score (nSPS) is 16.5. The first-order valence-corrected chi connectivity index (χ1v) is 6.02. The van der Waals surface area contributed by atoms with E-state index >= 15 is 0 Å². The van der Waals surface area contributed by atoms with Crippen molar-refractivity contribution in [2.24, 2.45) is 0 Å². The van der Waals surface area contributed by atoms with Gasteiger partial charge in [0.25, 0.3) is 0 Å². The number of halogens is 1. The quantitative estimate of drug-likeness (QED) is 0.904. The van der Waals surface area contributed by atoms with E-state index in [0.717, 1.165) is 37.0 Å². The van der Waals surface area contributed by atoms with E-state index in [0.29, 0.717) is 0 Å². The van der Waals surface area contributed by atoms with Crippen molar-refractivity contribution in [3.63, 3.8) is 0 Å². The fraction of sp³-hybridized carbons (Fsp3) is 0.600. The second-order valence-electron chi connectivity index (χ2n) is 3.71. The Bertz CT molecular complexity index is 363. The molecular weight excluding hydrogens is 244 g/mol. The van der Waals surface area contributed by atoms with Gasteiger partial charge in [-0.05, 0) is 37.5 Å². The minimum absolute atomic E-state index is 0. The SMILES string of the molecule is CCNc1nsc(C2=CCCN(C)C2)n1.Cl. The van der Waals surface area contributed by atoms with Gasteiger partial charge in [0.2, 0.25) is 5.95 Å². The Hall–Kier alpha value is -0.650. The Labute approximate surface area is 106 Å². The lowest BCUT2D eigenvalue weighted by Gasteiger charge is -2.21. The molecule has 0 unspecified atom stereocenters. The van der Waals surface area contributed by atoms with Gasteiger partial charge in [-0.2, -0.15) is 4.37 Å². The van der Waals surface area contributed by atoms with Gasteiger partial charge in [0.15, 0.2) is 0 Å². The lowest BCUT2D eigenvalue weighted by molar-refractivity contribution is 0.373. The highest BCUT2D eigenvalue weighted by Gasteiger charge is 2.14. The zero-order chi connectivity index (χ0) is 10.7. The molecule has 1 N–H and O–H groups in total. The maximum Gasteiger partial charge on any atom is 0.235 e. The number of rotatable bonds is 3. The first kappa shape index (κ1) is 13.4. The smallest absolute Gasteiger partial charge is 0.235 e. The van der Waals surface area contributed by atoms with E-state index < -0.39 is 0 Å². The van der Waals surface area contributed by atoms with Crippen LogP contribution in [-0.2, 0) is 0 Å². The zero-order valence-corrected chi connectivity index (χ0v) is 11.2. The summed E-state index contributed by atoms with van der Waals surface area (Å²) in [6, 6.07) is 0. The summed E-state index contributed by atoms with van der Waals surface area (Å²) >= 11 is 1.48. The molecule has 1 aliphatic rings. The summed E-state index contributed by atoms with van der Waals surface area (Å²) in [5, 5.41) is 4.18. The van der Waals surface area contributed by atoms with Crippen molar-refractivity contribution in [3.05, 3.63) is 11.1 Å². The van der Waals surface area contributed by atoms with E-state index in [1.807, 2.05) is 6.92 Å². The third kappa shape index (κ3) is 3.17. The minimum atomic E-state index is 0. The number of nitrogens with zero attached hydrogens (tertiary/aromatic N) is 3. The van der Waals surface area contributed by atoms with Crippen LogP contribution >= 0.6 is 23.9 Å². The molecule has 0 saturated heterocycles. The number of hydrogen-bond acceptors (Lipinski definition) is 5. The molecule has 0 radical (unpaired) electrons. The maximum absolute atomic E-state index is 4.46. The molecule has 16 heavy (non-hydrogen) atoms. The third-order valence-corrected chi connectivity index (χ3v) is 3.17. The third-order valence-electron chi connectivity index (χ3n) is 2.38. The summed E-state index contributed by atoms with van der Waals surface area (Å²) in [4.78, 5) is 6.77. The Kier molecular flexibility index (Phi) is 5.18. The Morgan fingerprint density at radius 3 is 3.06 bits per heavy atom. The molecule has 90 valence electrons. The van der Waals surface area contributed by atoms with E-state index in [2.05, 4.69) is 32.7 Å². The Balaban J connectivity index is 0.00000128. The van der Waals surface area contributed by atoms with Crippen molar-refractivity contribution in [1.82, 2.24) is 14.3 Å². The van der Waals surface area contributed by atoms with E-state index in [1.54, 1.807) is 0 Å². The fourth-order valence-electron chi connectivity index (χ4n) is 1.63. The largest absolute Gasteiger partial charge is 0.354 e. The summed E-state index contributed by atoms with van der Waals surface area (Å²) in [5.41, 5.74) is 1.31. The second kappa shape index (κ2) is 6.18. The van der Waals surface area contributed by atoms with Crippen molar-refractivity contribution in [3.8, 4) is 0 Å². The van der Waals surface area contributed by atoms with Gasteiger partial charge in [-0.15, -0.1) is 12.4 Å². The number of likely N-dealkylation sites (N-methyl/N-ethyl adjacent to an activating group) is 1. The van der Waals surface area contributed by atoms with Gasteiger partial charge in [-0.25, -0.2) is 4.98 Å². The van der Waals surface area contributed by atoms with E-state index in [1.165, 1.54) is 17.1 Å². The zero-order valence-electron chi connectivity index (χ0n) is 9.56. The Morgan fingerprint density at radius 1 is 1.56 bits per heavy atom. The first-order chi connectivity index (χ1) is 7.29. The standard InChI is InChI=1S/C10H16N4S.ClH/c1-3-11-10-12-9(15-13-10)8-5-4-6-14(2)7-8;/h5H,3-4,6-7H2,1-2H3,(H,11,13);1H. The highest BCUT2D eigenvalue weighted by atomic mass is 35.5. The predicted molar refractivity (Wildman–Crippen MR) is 71.4 cm³/mol. The van der Waals surface area contributed by atoms with E-state index in [4.69, 9.17) is 0 Å². The van der Waals surface area contributed by atoms with E-state index in [9.17, 15) is 0 Å². The van der Waals surface area contributed by atoms with E-state index in [-0.39, 0.29) is 12.4 Å². The van der Waals surface area contributed by atoms with Gasteiger partial charge in [0, 0.05) is 19.6 Å².